The van der Waals surface area contributed by atoms with Crippen LogP contribution in [0.5, 0.6) is 0 Å². The zero-order valence-corrected chi connectivity index (χ0v) is 13.4. The lowest BCUT2D eigenvalue weighted by Gasteiger charge is -2.32. The van der Waals surface area contributed by atoms with Crippen molar-refractivity contribution >= 4 is 11.2 Å². The first kappa shape index (κ1) is 14.3. The quantitative estimate of drug-likeness (QED) is 0.746. The molecule has 5 heteroatoms. The molecule has 23 heavy (non-hydrogen) atoms. The topological polar surface area (TPSA) is 46.8 Å². The van der Waals surface area contributed by atoms with Gasteiger partial charge in [0.1, 0.15) is 17.2 Å². The monoisotopic (exact) mass is 307 g/mol. The zero-order chi connectivity index (χ0) is 15.6. The number of hydrogen-bond acceptors (Lipinski definition) is 4. The SMILES string of the molecule is CN1CCCCC1Cc1nc2cccnc2n1-c1ccccn1. The van der Waals surface area contributed by atoms with Gasteiger partial charge < -0.3 is 4.90 Å². The molecular formula is C18H21N5. The fraction of sp³-hybridized carbons (Fsp3) is 0.389. The Morgan fingerprint density at radius 1 is 1.09 bits per heavy atom. The van der Waals surface area contributed by atoms with Crippen molar-refractivity contribution in [3.05, 3.63) is 48.5 Å². The van der Waals surface area contributed by atoms with Crippen LogP contribution in [0.25, 0.3) is 17.0 Å². The largest absolute Gasteiger partial charge is 0.303 e. The zero-order valence-electron chi connectivity index (χ0n) is 13.4. The van der Waals surface area contributed by atoms with Gasteiger partial charge in [0.2, 0.25) is 0 Å². The van der Waals surface area contributed by atoms with Crippen molar-refractivity contribution in [1.29, 1.82) is 0 Å². The van der Waals surface area contributed by atoms with Crippen molar-refractivity contribution < 1.29 is 0 Å². The van der Waals surface area contributed by atoms with Gasteiger partial charge in [-0.05, 0) is 50.7 Å². The summed E-state index contributed by atoms with van der Waals surface area (Å²) in [6, 6.07) is 10.5. The molecule has 1 unspecified atom stereocenters. The normalized spacial score (nSPS) is 19.3. The highest BCUT2D eigenvalue weighted by atomic mass is 15.2. The smallest absolute Gasteiger partial charge is 0.165 e. The highest BCUT2D eigenvalue weighted by molar-refractivity contribution is 5.73. The van der Waals surface area contributed by atoms with Gasteiger partial charge in [-0.2, -0.15) is 0 Å². The minimum absolute atomic E-state index is 0.544. The second-order valence-electron chi connectivity index (χ2n) is 6.23. The Labute approximate surface area is 136 Å². The van der Waals surface area contributed by atoms with E-state index in [2.05, 4.69) is 26.5 Å². The molecule has 0 bridgehead atoms. The van der Waals surface area contributed by atoms with E-state index in [0.717, 1.165) is 29.2 Å². The third-order valence-electron chi connectivity index (χ3n) is 4.70. The standard InChI is InChI=1S/C18H21N5/c1-22-12-5-3-7-14(22)13-17-21-15-8-6-11-20-18(15)23(17)16-9-2-4-10-19-16/h2,4,6,8-11,14H,3,5,7,12-13H2,1H3. The summed E-state index contributed by atoms with van der Waals surface area (Å²) >= 11 is 0. The van der Waals surface area contributed by atoms with Gasteiger partial charge in [0.15, 0.2) is 5.65 Å². The Hall–Kier alpha value is -2.27. The maximum Gasteiger partial charge on any atom is 0.165 e. The highest BCUT2D eigenvalue weighted by Crippen LogP contribution is 2.23. The lowest BCUT2D eigenvalue weighted by atomic mass is 10.00. The van der Waals surface area contributed by atoms with E-state index in [1.54, 1.807) is 0 Å². The summed E-state index contributed by atoms with van der Waals surface area (Å²) < 4.78 is 2.11. The van der Waals surface area contributed by atoms with Crippen molar-refractivity contribution in [1.82, 2.24) is 24.4 Å². The number of likely N-dealkylation sites (N-methyl/N-ethyl adjacent to an activating group) is 1. The van der Waals surface area contributed by atoms with Crippen LogP contribution in [0, 0.1) is 0 Å². The van der Waals surface area contributed by atoms with Crippen LogP contribution in [0.2, 0.25) is 0 Å². The number of likely N-dealkylation sites (tertiary alicyclic amines) is 1. The number of hydrogen-bond donors (Lipinski definition) is 0. The van der Waals surface area contributed by atoms with Gasteiger partial charge in [-0.15, -0.1) is 0 Å². The number of rotatable bonds is 3. The van der Waals surface area contributed by atoms with Crippen molar-refractivity contribution in [2.45, 2.75) is 31.7 Å². The third kappa shape index (κ3) is 2.72. The van der Waals surface area contributed by atoms with Crippen LogP contribution in [-0.2, 0) is 6.42 Å². The molecule has 0 saturated carbocycles. The molecule has 5 nitrogen and oxygen atoms in total. The van der Waals surface area contributed by atoms with E-state index in [1.165, 1.54) is 25.8 Å². The second kappa shape index (κ2) is 6.08. The van der Waals surface area contributed by atoms with Gasteiger partial charge in [-0.1, -0.05) is 12.5 Å². The summed E-state index contributed by atoms with van der Waals surface area (Å²) in [5.74, 6) is 1.94. The van der Waals surface area contributed by atoms with Crippen molar-refractivity contribution in [2.75, 3.05) is 13.6 Å². The lowest BCUT2D eigenvalue weighted by molar-refractivity contribution is 0.182. The average molecular weight is 307 g/mol. The lowest BCUT2D eigenvalue weighted by Crippen LogP contribution is -2.38. The van der Waals surface area contributed by atoms with Crippen LogP contribution in [-0.4, -0.2) is 44.1 Å². The minimum atomic E-state index is 0.544. The van der Waals surface area contributed by atoms with Gasteiger partial charge >= 0.3 is 0 Å². The number of fused-ring (bicyclic) bond motifs is 1. The fourth-order valence-electron chi connectivity index (χ4n) is 3.44. The molecule has 3 aromatic heterocycles. The molecule has 1 aliphatic rings. The Morgan fingerprint density at radius 2 is 2.00 bits per heavy atom. The van der Waals surface area contributed by atoms with Crippen LogP contribution >= 0.6 is 0 Å². The van der Waals surface area contributed by atoms with Crippen LogP contribution < -0.4 is 0 Å². The molecule has 4 rings (SSSR count). The molecule has 0 aromatic carbocycles. The van der Waals surface area contributed by atoms with Gasteiger partial charge in [-0.3, -0.25) is 4.57 Å². The predicted octanol–water partition coefficient (Wildman–Crippen LogP) is 2.84. The number of aromatic nitrogens is 4. The molecule has 0 amide bonds. The number of imidazole rings is 1. The van der Waals surface area contributed by atoms with E-state index in [1.807, 2.05) is 42.7 Å². The first-order valence-electron chi connectivity index (χ1n) is 8.27. The Bertz CT molecular complexity index is 796. The molecule has 0 N–H and O–H groups in total. The van der Waals surface area contributed by atoms with Gasteiger partial charge in [0.05, 0.1) is 0 Å². The summed E-state index contributed by atoms with van der Waals surface area (Å²) in [7, 11) is 2.22. The average Bonchev–Trinajstić information content (AvgIpc) is 2.95. The molecule has 0 radical (unpaired) electrons. The fourth-order valence-corrected chi connectivity index (χ4v) is 3.44. The third-order valence-corrected chi connectivity index (χ3v) is 4.70. The minimum Gasteiger partial charge on any atom is -0.303 e. The first-order valence-corrected chi connectivity index (χ1v) is 8.27. The number of nitrogens with zero attached hydrogens (tertiary/aromatic N) is 5. The van der Waals surface area contributed by atoms with Crippen LogP contribution in [0.1, 0.15) is 25.1 Å². The summed E-state index contributed by atoms with van der Waals surface area (Å²) in [6.45, 7) is 1.17. The summed E-state index contributed by atoms with van der Waals surface area (Å²) in [4.78, 5) is 16.4. The predicted molar refractivity (Wildman–Crippen MR) is 90.6 cm³/mol. The Morgan fingerprint density at radius 3 is 2.83 bits per heavy atom. The van der Waals surface area contributed by atoms with E-state index >= 15 is 0 Å². The molecule has 3 aromatic rings. The number of pyridine rings is 2. The molecule has 1 atom stereocenters. The molecule has 1 fully saturated rings. The van der Waals surface area contributed by atoms with E-state index in [9.17, 15) is 0 Å². The molecule has 118 valence electrons. The van der Waals surface area contributed by atoms with Crippen LogP contribution in [0.3, 0.4) is 0 Å². The Balaban J connectivity index is 1.79. The van der Waals surface area contributed by atoms with Gasteiger partial charge in [0.25, 0.3) is 0 Å². The van der Waals surface area contributed by atoms with Gasteiger partial charge in [0, 0.05) is 24.9 Å². The highest BCUT2D eigenvalue weighted by Gasteiger charge is 2.23. The Kier molecular flexibility index (Phi) is 3.79. The molecule has 4 heterocycles. The molecular weight excluding hydrogens is 286 g/mol. The van der Waals surface area contributed by atoms with E-state index in [-0.39, 0.29) is 0 Å². The van der Waals surface area contributed by atoms with Crippen molar-refractivity contribution in [3.8, 4) is 5.82 Å². The van der Waals surface area contributed by atoms with E-state index in [0.29, 0.717) is 6.04 Å². The molecule has 0 aliphatic carbocycles. The van der Waals surface area contributed by atoms with E-state index < -0.39 is 0 Å². The van der Waals surface area contributed by atoms with Crippen LogP contribution in [0.15, 0.2) is 42.7 Å². The van der Waals surface area contributed by atoms with Crippen LogP contribution in [0.4, 0.5) is 0 Å². The summed E-state index contributed by atoms with van der Waals surface area (Å²) in [5.41, 5.74) is 1.83. The van der Waals surface area contributed by atoms with E-state index in [4.69, 9.17) is 4.98 Å². The first-order chi connectivity index (χ1) is 11.3. The molecule has 0 spiro atoms. The van der Waals surface area contributed by atoms with Crippen molar-refractivity contribution in [3.63, 3.8) is 0 Å². The molecule has 1 aliphatic heterocycles. The summed E-state index contributed by atoms with van der Waals surface area (Å²) in [5, 5.41) is 0. The maximum absolute atomic E-state index is 4.85. The molecule has 1 saturated heterocycles. The number of piperidine rings is 1. The second-order valence-corrected chi connectivity index (χ2v) is 6.23. The maximum atomic E-state index is 4.85. The van der Waals surface area contributed by atoms with Gasteiger partial charge in [-0.25, -0.2) is 15.0 Å². The van der Waals surface area contributed by atoms with Crippen molar-refractivity contribution in [2.24, 2.45) is 0 Å². The summed E-state index contributed by atoms with van der Waals surface area (Å²) in [6.07, 6.45) is 8.40.